The molecule has 2 heterocycles. The SMILES string of the molecule is O=C(Nc1cccnc1OCC(F)F)NC1(c2nccs2)CCCC1. The lowest BCUT2D eigenvalue weighted by Crippen LogP contribution is -2.45. The van der Waals surface area contributed by atoms with E-state index >= 15 is 0 Å². The summed E-state index contributed by atoms with van der Waals surface area (Å²) in [4.78, 5) is 20.7. The number of carbonyl (C=O) groups is 1. The number of pyridine rings is 1. The number of nitrogens with one attached hydrogen (secondary N) is 2. The zero-order valence-corrected chi connectivity index (χ0v) is 14.2. The van der Waals surface area contributed by atoms with E-state index in [2.05, 4.69) is 20.6 Å². The Kier molecular flexibility index (Phi) is 5.42. The van der Waals surface area contributed by atoms with Crippen molar-refractivity contribution in [2.24, 2.45) is 0 Å². The van der Waals surface area contributed by atoms with Crippen LogP contribution in [0.3, 0.4) is 0 Å². The molecule has 0 unspecified atom stereocenters. The van der Waals surface area contributed by atoms with Crippen molar-refractivity contribution in [3.05, 3.63) is 34.9 Å². The molecule has 2 N–H and O–H groups in total. The number of hydrogen-bond donors (Lipinski definition) is 2. The fraction of sp³-hybridized carbons (Fsp3) is 0.438. The van der Waals surface area contributed by atoms with Crippen molar-refractivity contribution in [3.63, 3.8) is 0 Å². The second-order valence-corrected chi connectivity index (χ2v) is 6.66. The number of thiazole rings is 1. The van der Waals surface area contributed by atoms with Crippen LogP contribution < -0.4 is 15.4 Å². The van der Waals surface area contributed by atoms with Gasteiger partial charge in [0.25, 0.3) is 6.43 Å². The van der Waals surface area contributed by atoms with E-state index in [1.807, 2.05) is 5.38 Å². The Bertz CT molecular complexity index is 706. The topological polar surface area (TPSA) is 76.1 Å². The predicted octanol–water partition coefficient (Wildman–Crippen LogP) is 3.77. The second kappa shape index (κ2) is 7.73. The number of halogens is 2. The number of ether oxygens (including phenoxy) is 1. The molecule has 25 heavy (non-hydrogen) atoms. The lowest BCUT2D eigenvalue weighted by Gasteiger charge is -2.28. The number of aromatic nitrogens is 2. The third-order valence-electron chi connectivity index (χ3n) is 4.02. The average molecular weight is 368 g/mol. The van der Waals surface area contributed by atoms with Gasteiger partial charge < -0.3 is 15.4 Å². The Labute approximate surface area is 147 Å². The first-order valence-corrected chi connectivity index (χ1v) is 8.82. The van der Waals surface area contributed by atoms with Crippen LogP contribution in [0.5, 0.6) is 5.88 Å². The van der Waals surface area contributed by atoms with E-state index in [0.717, 1.165) is 30.7 Å². The highest BCUT2D eigenvalue weighted by atomic mass is 32.1. The van der Waals surface area contributed by atoms with E-state index < -0.39 is 24.6 Å². The molecule has 0 bridgehead atoms. The van der Waals surface area contributed by atoms with Gasteiger partial charge in [-0.05, 0) is 25.0 Å². The molecule has 6 nitrogen and oxygen atoms in total. The highest BCUT2D eigenvalue weighted by molar-refractivity contribution is 7.09. The average Bonchev–Trinajstić information content (AvgIpc) is 3.26. The van der Waals surface area contributed by atoms with Crippen molar-refractivity contribution in [3.8, 4) is 5.88 Å². The molecule has 1 aliphatic rings. The normalized spacial score (nSPS) is 16.0. The van der Waals surface area contributed by atoms with Gasteiger partial charge >= 0.3 is 6.03 Å². The third kappa shape index (κ3) is 4.22. The number of urea groups is 1. The van der Waals surface area contributed by atoms with Crippen LogP contribution >= 0.6 is 11.3 Å². The minimum atomic E-state index is -2.62. The molecule has 2 amide bonds. The highest BCUT2D eigenvalue weighted by Gasteiger charge is 2.39. The summed E-state index contributed by atoms with van der Waals surface area (Å²) in [6.45, 7) is -0.781. The summed E-state index contributed by atoms with van der Waals surface area (Å²) < 4.78 is 29.6. The summed E-state index contributed by atoms with van der Waals surface area (Å²) in [7, 11) is 0. The van der Waals surface area contributed by atoms with Crippen LogP contribution in [0.1, 0.15) is 30.7 Å². The fourth-order valence-corrected chi connectivity index (χ4v) is 3.80. The van der Waals surface area contributed by atoms with Crippen molar-refractivity contribution in [2.45, 2.75) is 37.6 Å². The first-order valence-electron chi connectivity index (χ1n) is 7.94. The summed E-state index contributed by atoms with van der Waals surface area (Å²) in [6.07, 6.45) is 4.17. The Morgan fingerprint density at radius 1 is 1.32 bits per heavy atom. The number of anilines is 1. The molecule has 0 aliphatic heterocycles. The molecular formula is C16H18F2N4O2S. The van der Waals surface area contributed by atoms with Gasteiger partial charge in [0.05, 0.1) is 5.54 Å². The number of alkyl halides is 2. The van der Waals surface area contributed by atoms with Gasteiger partial charge in [0.15, 0.2) is 6.61 Å². The van der Waals surface area contributed by atoms with Gasteiger partial charge in [0.2, 0.25) is 5.88 Å². The van der Waals surface area contributed by atoms with Crippen molar-refractivity contribution in [2.75, 3.05) is 11.9 Å². The molecule has 9 heteroatoms. The van der Waals surface area contributed by atoms with Gasteiger partial charge in [-0.3, -0.25) is 0 Å². The first-order chi connectivity index (χ1) is 12.1. The van der Waals surface area contributed by atoms with Crippen molar-refractivity contribution < 1.29 is 18.3 Å². The summed E-state index contributed by atoms with van der Waals surface area (Å²) in [6, 6.07) is 2.71. The van der Waals surface area contributed by atoms with Crippen LogP contribution in [-0.4, -0.2) is 29.0 Å². The number of nitrogens with zero attached hydrogens (tertiary/aromatic N) is 2. The van der Waals surface area contributed by atoms with Crippen LogP contribution in [0.25, 0.3) is 0 Å². The van der Waals surface area contributed by atoms with Crippen LogP contribution in [0.2, 0.25) is 0 Å². The van der Waals surface area contributed by atoms with Crippen LogP contribution in [-0.2, 0) is 5.54 Å². The molecule has 2 aromatic rings. The molecule has 1 aliphatic carbocycles. The van der Waals surface area contributed by atoms with Crippen molar-refractivity contribution in [1.82, 2.24) is 15.3 Å². The van der Waals surface area contributed by atoms with Gasteiger partial charge in [-0.15, -0.1) is 11.3 Å². The van der Waals surface area contributed by atoms with Crippen LogP contribution in [0, 0.1) is 0 Å². The minimum absolute atomic E-state index is 0.0346. The predicted molar refractivity (Wildman–Crippen MR) is 90.2 cm³/mol. The minimum Gasteiger partial charge on any atom is -0.470 e. The molecule has 1 saturated carbocycles. The third-order valence-corrected chi connectivity index (χ3v) is 4.99. The smallest absolute Gasteiger partial charge is 0.320 e. The maximum absolute atomic E-state index is 12.5. The fourth-order valence-electron chi connectivity index (χ4n) is 2.94. The van der Waals surface area contributed by atoms with Gasteiger partial charge in [-0.25, -0.2) is 23.5 Å². The summed E-state index contributed by atoms with van der Waals surface area (Å²) in [5, 5.41) is 8.40. The van der Waals surface area contributed by atoms with E-state index in [0.29, 0.717) is 0 Å². The summed E-state index contributed by atoms with van der Waals surface area (Å²) in [5.41, 5.74) is -0.238. The van der Waals surface area contributed by atoms with Crippen LogP contribution in [0.4, 0.5) is 19.3 Å². The molecule has 1 fully saturated rings. The van der Waals surface area contributed by atoms with E-state index in [9.17, 15) is 13.6 Å². The number of hydrogen-bond acceptors (Lipinski definition) is 5. The quantitative estimate of drug-likeness (QED) is 0.814. The molecule has 3 rings (SSSR count). The van der Waals surface area contributed by atoms with E-state index in [1.54, 1.807) is 18.3 Å². The first kappa shape index (κ1) is 17.5. The monoisotopic (exact) mass is 368 g/mol. The number of carbonyl (C=O) groups excluding carboxylic acids is 1. The van der Waals surface area contributed by atoms with Crippen molar-refractivity contribution >= 4 is 23.1 Å². The number of rotatable bonds is 6. The summed E-state index contributed by atoms with van der Waals surface area (Å²) in [5.74, 6) is -0.0346. The molecule has 0 spiro atoms. The zero-order valence-electron chi connectivity index (χ0n) is 13.4. The Balaban J connectivity index is 1.70. The maximum atomic E-state index is 12.5. The number of amides is 2. The molecule has 0 atom stereocenters. The Hall–Kier alpha value is -2.29. The Morgan fingerprint density at radius 2 is 2.12 bits per heavy atom. The van der Waals surface area contributed by atoms with E-state index in [1.165, 1.54) is 17.5 Å². The van der Waals surface area contributed by atoms with E-state index in [4.69, 9.17) is 4.74 Å². The molecule has 134 valence electrons. The standard InChI is InChI=1S/C16H18F2N4O2S/c17-12(18)10-24-13-11(4-3-7-19-13)21-15(23)22-16(5-1-2-6-16)14-20-8-9-25-14/h3-4,7-9,12H,1-2,5-6,10H2,(H2,21,22,23). The van der Waals surface area contributed by atoms with Gasteiger partial charge in [-0.2, -0.15) is 0 Å². The highest BCUT2D eigenvalue weighted by Crippen LogP contribution is 2.39. The van der Waals surface area contributed by atoms with Gasteiger partial charge in [0.1, 0.15) is 10.7 Å². The largest absolute Gasteiger partial charge is 0.470 e. The molecule has 0 aromatic carbocycles. The Morgan fingerprint density at radius 3 is 2.80 bits per heavy atom. The van der Waals surface area contributed by atoms with Crippen molar-refractivity contribution in [1.29, 1.82) is 0 Å². The molecular weight excluding hydrogens is 350 g/mol. The van der Waals surface area contributed by atoms with Gasteiger partial charge in [-0.1, -0.05) is 12.8 Å². The molecule has 0 radical (unpaired) electrons. The van der Waals surface area contributed by atoms with Gasteiger partial charge in [0, 0.05) is 17.8 Å². The lowest BCUT2D eigenvalue weighted by atomic mass is 9.99. The second-order valence-electron chi connectivity index (χ2n) is 5.76. The lowest BCUT2D eigenvalue weighted by molar-refractivity contribution is 0.0800. The molecule has 2 aromatic heterocycles. The maximum Gasteiger partial charge on any atom is 0.320 e. The van der Waals surface area contributed by atoms with E-state index in [-0.39, 0.29) is 11.6 Å². The molecule has 0 saturated heterocycles. The zero-order chi connectivity index (χ0) is 17.7. The van der Waals surface area contributed by atoms with Crippen LogP contribution in [0.15, 0.2) is 29.9 Å². The summed E-state index contributed by atoms with van der Waals surface area (Å²) >= 11 is 1.51.